The molecule has 0 saturated carbocycles. The molecule has 0 spiro atoms. The van der Waals surface area contributed by atoms with Crippen LogP contribution in [0.15, 0.2) is 207 Å². The van der Waals surface area contributed by atoms with Crippen molar-refractivity contribution in [2.24, 2.45) is 0 Å². The zero-order chi connectivity index (χ0) is 45.0. The number of hydrogen-bond acceptors (Lipinski definition) is 0. The van der Waals surface area contributed by atoms with Crippen molar-refractivity contribution >= 4 is 56.3 Å². The number of para-hydroxylation sites is 2. The van der Waals surface area contributed by atoms with E-state index in [1.165, 1.54) is 89.1 Å². The van der Waals surface area contributed by atoms with E-state index in [1.54, 1.807) is 0 Å². The van der Waals surface area contributed by atoms with E-state index in [0.29, 0.717) is 0 Å². The highest BCUT2D eigenvalue weighted by molar-refractivity contribution is 5.95. The molecule has 0 atom stereocenters. The van der Waals surface area contributed by atoms with Gasteiger partial charge in [-0.05, 0) is 193 Å². The van der Waals surface area contributed by atoms with Gasteiger partial charge in [0.25, 0.3) is 0 Å². The fraction of sp³-hybridized carbons (Fsp3) is 0.125. The second kappa shape index (κ2) is 18.8. The molecule has 2 heteroatoms. The molecule has 0 radical (unpaired) electrons. The van der Waals surface area contributed by atoms with Gasteiger partial charge in [-0.25, -0.2) is 0 Å². The molecule has 66 heavy (non-hydrogen) atoms. The Labute approximate surface area is 390 Å². The second-order valence-corrected chi connectivity index (χ2v) is 17.4. The molecule has 0 unspecified atom stereocenters. The summed E-state index contributed by atoms with van der Waals surface area (Å²) in [7, 11) is 0. The zero-order valence-electron chi connectivity index (χ0n) is 38.3. The molecule has 0 amide bonds. The van der Waals surface area contributed by atoms with E-state index in [4.69, 9.17) is 0 Å². The minimum Gasteiger partial charge on any atom is -0.310 e. The minimum absolute atomic E-state index is 0.787. The predicted molar refractivity (Wildman–Crippen MR) is 286 cm³/mol. The lowest BCUT2D eigenvalue weighted by atomic mass is 9.90. The van der Waals surface area contributed by atoms with Gasteiger partial charge in [0.05, 0.1) is 11.0 Å². The molecule has 6 aromatic carbocycles. The van der Waals surface area contributed by atoms with Gasteiger partial charge in [-0.2, -0.15) is 0 Å². The van der Waals surface area contributed by atoms with Crippen LogP contribution in [0.25, 0.3) is 78.8 Å². The maximum Gasteiger partial charge on any atom is 0.0537 e. The predicted octanol–water partition coefficient (Wildman–Crippen LogP) is 17.3. The standard InChI is InChI=1S/C64H56N2/c1-5-8-21-48(20-6-2)53-42-52(43-54(44-53)50-34-38-56(39-35-50)66-63-30-18-14-26-59(63)60-27-15-19-31-64(60)66)46(7-3)41-51(40-45(4)47-22-10-9-11-23-47)49-32-36-55(37-33-49)65-61-28-16-12-24-57(61)58-25-13-17-29-62(58)65/h5-7,9-12,14,16-24,26,28-44H,1,8,13,15,25,27H2,2-4H3/b20-6-,45-40+,46-7+,48-21+,51-41+. The van der Waals surface area contributed by atoms with E-state index >= 15 is 0 Å². The first-order valence-corrected chi connectivity index (χ1v) is 23.5. The van der Waals surface area contributed by atoms with Crippen LogP contribution in [0.5, 0.6) is 0 Å². The van der Waals surface area contributed by atoms with Gasteiger partial charge in [-0.1, -0.05) is 140 Å². The average molecular weight is 853 g/mol. The Hall–Kier alpha value is -7.68. The van der Waals surface area contributed by atoms with Crippen molar-refractivity contribution in [3.05, 3.63) is 252 Å². The molecular weight excluding hydrogens is 797 g/mol. The Morgan fingerprint density at radius 3 is 1.68 bits per heavy atom. The van der Waals surface area contributed by atoms with Crippen molar-refractivity contribution in [3.63, 3.8) is 0 Å². The molecule has 10 rings (SSSR count). The highest BCUT2D eigenvalue weighted by atomic mass is 15.0. The van der Waals surface area contributed by atoms with Crippen molar-refractivity contribution in [3.8, 4) is 22.5 Å². The number of aryl methyl sites for hydroxylation is 2. The number of allylic oxidation sites excluding steroid dienone is 13. The number of fused-ring (bicyclic) bond motifs is 6. The third-order valence-corrected chi connectivity index (χ3v) is 13.3. The van der Waals surface area contributed by atoms with Gasteiger partial charge < -0.3 is 9.13 Å². The molecule has 0 aliphatic heterocycles. The maximum absolute atomic E-state index is 4.04. The summed E-state index contributed by atoms with van der Waals surface area (Å²) in [6.07, 6.45) is 29.9. The van der Waals surface area contributed by atoms with Crippen LogP contribution in [0.3, 0.4) is 0 Å². The van der Waals surface area contributed by atoms with Gasteiger partial charge in [0.15, 0.2) is 0 Å². The summed E-state index contributed by atoms with van der Waals surface area (Å²) >= 11 is 0. The summed E-state index contributed by atoms with van der Waals surface area (Å²) in [5, 5.41) is 2.70. The van der Waals surface area contributed by atoms with E-state index < -0.39 is 0 Å². The molecule has 2 aromatic heterocycles. The highest BCUT2D eigenvalue weighted by Crippen LogP contribution is 2.38. The summed E-state index contributed by atoms with van der Waals surface area (Å²) in [5.74, 6) is 0. The normalized spacial score (nSPS) is 14.3. The molecule has 2 nitrogen and oxygen atoms in total. The van der Waals surface area contributed by atoms with Crippen molar-refractivity contribution < 1.29 is 0 Å². The van der Waals surface area contributed by atoms with Crippen molar-refractivity contribution in [2.75, 3.05) is 0 Å². The molecular formula is C64H56N2. The molecule has 2 aliphatic rings. The SMILES string of the molecule is C=CC/C=C(\C=C/C)c1cc(C(/C=C(\C=C(/C)c2ccccc2)c2ccc(-n3c4c(c5ccccc53)CCC=C4)cc2)=C/C)cc(-c2ccc(-n3c4c(c5ccccc53)CCC=C4)cc2)c1. The summed E-state index contributed by atoms with van der Waals surface area (Å²) < 4.78 is 4.87. The number of nitrogens with zero attached hydrogens (tertiary/aromatic N) is 2. The average Bonchev–Trinajstić information content (AvgIpc) is 3.90. The van der Waals surface area contributed by atoms with E-state index in [2.05, 4.69) is 243 Å². The lowest BCUT2D eigenvalue weighted by Crippen LogP contribution is -2.00. The quantitative estimate of drug-likeness (QED) is 0.0856. The third-order valence-electron chi connectivity index (χ3n) is 13.3. The molecule has 2 heterocycles. The number of aromatic nitrogens is 2. The van der Waals surface area contributed by atoms with Gasteiger partial charge >= 0.3 is 0 Å². The molecule has 0 N–H and O–H groups in total. The third kappa shape index (κ3) is 8.16. The van der Waals surface area contributed by atoms with Crippen LogP contribution in [0, 0.1) is 0 Å². The minimum atomic E-state index is 0.787. The Morgan fingerprint density at radius 1 is 0.545 bits per heavy atom. The molecule has 0 fully saturated rings. The smallest absolute Gasteiger partial charge is 0.0537 e. The van der Waals surface area contributed by atoms with Crippen LogP contribution < -0.4 is 0 Å². The monoisotopic (exact) mass is 852 g/mol. The summed E-state index contributed by atoms with van der Waals surface area (Å²) in [4.78, 5) is 0. The topological polar surface area (TPSA) is 9.86 Å². The zero-order valence-corrected chi connectivity index (χ0v) is 38.3. The van der Waals surface area contributed by atoms with Gasteiger partial charge in [-0.3, -0.25) is 0 Å². The van der Waals surface area contributed by atoms with Gasteiger partial charge in [0.1, 0.15) is 0 Å². The van der Waals surface area contributed by atoms with Crippen molar-refractivity contribution in [1.29, 1.82) is 0 Å². The van der Waals surface area contributed by atoms with E-state index in [-0.39, 0.29) is 0 Å². The first-order valence-electron chi connectivity index (χ1n) is 23.5. The summed E-state index contributed by atoms with van der Waals surface area (Å²) in [6, 6.07) is 53.8. The maximum atomic E-state index is 4.04. The van der Waals surface area contributed by atoms with E-state index in [9.17, 15) is 0 Å². The van der Waals surface area contributed by atoms with Crippen LogP contribution >= 0.6 is 0 Å². The molecule has 0 bridgehead atoms. The van der Waals surface area contributed by atoms with Crippen LogP contribution in [-0.2, 0) is 12.8 Å². The van der Waals surface area contributed by atoms with E-state index in [1.807, 2.05) is 6.08 Å². The van der Waals surface area contributed by atoms with Gasteiger partial charge in [-0.15, -0.1) is 6.58 Å². The van der Waals surface area contributed by atoms with Crippen LogP contribution in [0.2, 0.25) is 0 Å². The fourth-order valence-corrected chi connectivity index (χ4v) is 10.1. The summed E-state index contributed by atoms with van der Waals surface area (Å²) in [6.45, 7) is 10.5. The Morgan fingerprint density at radius 2 is 1.11 bits per heavy atom. The van der Waals surface area contributed by atoms with Crippen LogP contribution in [0.4, 0.5) is 0 Å². The largest absolute Gasteiger partial charge is 0.310 e. The number of benzene rings is 6. The molecule has 322 valence electrons. The Kier molecular flexibility index (Phi) is 12.0. The summed E-state index contributed by atoms with van der Waals surface area (Å²) in [5.41, 5.74) is 22.1. The highest BCUT2D eigenvalue weighted by Gasteiger charge is 2.20. The Balaban J connectivity index is 1.09. The Bertz CT molecular complexity index is 3330. The molecule has 0 saturated heterocycles. The van der Waals surface area contributed by atoms with Gasteiger partial charge in [0, 0.05) is 33.5 Å². The molecule has 2 aliphatic carbocycles. The van der Waals surface area contributed by atoms with Crippen molar-refractivity contribution in [1.82, 2.24) is 9.13 Å². The second-order valence-electron chi connectivity index (χ2n) is 17.4. The first-order chi connectivity index (χ1) is 32.5. The van der Waals surface area contributed by atoms with E-state index in [0.717, 1.165) is 54.4 Å². The molecule has 8 aromatic rings. The van der Waals surface area contributed by atoms with Gasteiger partial charge in [0.2, 0.25) is 0 Å². The van der Waals surface area contributed by atoms with Crippen LogP contribution in [-0.4, -0.2) is 9.13 Å². The van der Waals surface area contributed by atoms with Crippen LogP contribution in [0.1, 0.15) is 84.8 Å². The lowest BCUT2D eigenvalue weighted by molar-refractivity contribution is 0.967. The number of rotatable bonds is 12. The lowest BCUT2D eigenvalue weighted by Gasteiger charge is -2.16. The van der Waals surface area contributed by atoms with Crippen molar-refractivity contribution in [2.45, 2.75) is 52.9 Å². The first kappa shape index (κ1) is 42.3. The number of hydrogen-bond donors (Lipinski definition) is 0. The fourth-order valence-electron chi connectivity index (χ4n) is 10.1.